The summed E-state index contributed by atoms with van der Waals surface area (Å²) in [5.41, 5.74) is 2.67. The SMILES string of the molecule is CNc1ccc([N+](=O)[O-])cc1COc1ccccc1C. The van der Waals surface area contributed by atoms with Crippen molar-refractivity contribution in [2.45, 2.75) is 13.5 Å². The Balaban J connectivity index is 2.22. The minimum Gasteiger partial charge on any atom is -0.489 e. The van der Waals surface area contributed by atoms with Crippen LogP contribution in [0.3, 0.4) is 0 Å². The summed E-state index contributed by atoms with van der Waals surface area (Å²) in [7, 11) is 1.78. The monoisotopic (exact) mass is 272 g/mol. The first-order chi connectivity index (χ1) is 9.61. The fraction of sp³-hybridized carbons (Fsp3) is 0.200. The number of ether oxygens (including phenoxy) is 1. The number of nitro groups is 1. The Bertz CT molecular complexity index is 626. The van der Waals surface area contributed by atoms with Crippen molar-refractivity contribution in [3.8, 4) is 5.75 Å². The Kier molecular flexibility index (Phi) is 4.20. The number of hydrogen-bond donors (Lipinski definition) is 1. The molecule has 2 aromatic rings. The number of benzene rings is 2. The Labute approximate surface area is 117 Å². The van der Waals surface area contributed by atoms with Gasteiger partial charge in [-0.05, 0) is 24.6 Å². The van der Waals surface area contributed by atoms with Crippen LogP contribution >= 0.6 is 0 Å². The Morgan fingerprint density at radius 1 is 1.25 bits per heavy atom. The topological polar surface area (TPSA) is 64.4 Å². The number of para-hydroxylation sites is 1. The maximum Gasteiger partial charge on any atom is 0.269 e. The molecule has 0 saturated carbocycles. The molecule has 0 bridgehead atoms. The van der Waals surface area contributed by atoms with E-state index in [-0.39, 0.29) is 12.3 Å². The van der Waals surface area contributed by atoms with Gasteiger partial charge in [-0.25, -0.2) is 0 Å². The van der Waals surface area contributed by atoms with Crippen molar-refractivity contribution in [2.75, 3.05) is 12.4 Å². The molecule has 0 saturated heterocycles. The van der Waals surface area contributed by atoms with E-state index in [0.29, 0.717) is 0 Å². The molecular weight excluding hydrogens is 256 g/mol. The summed E-state index contributed by atoms with van der Waals surface area (Å²) in [4.78, 5) is 10.4. The molecule has 0 spiro atoms. The van der Waals surface area contributed by atoms with Gasteiger partial charge < -0.3 is 10.1 Å². The Hall–Kier alpha value is -2.56. The molecule has 2 rings (SSSR count). The van der Waals surface area contributed by atoms with Crippen LogP contribution in [0.25, 0.3) is 0 Å². The van der Waals surface area contributed by atoms with Gasteiger partial charge in [0.25, 0.3) is 5.69 Å². The maximum absolute atomic E-state index is 10.8. The van der Waals surface area contributed by atoms with E-state index in [9.17, 15) is 10.1 Å². The summed E-state index contributed by atoms with van der Waals surface area (Å²) in [6.45, 7) is 2.24. The average Bonchev–Trinajstić information content (AvgIpc) is 2.46. The molecule has 0 radical (unpaired) electrons. The van der Waals surface area contributed by atoms with Gasteiger partial charge in [0.2, 0.25) is 0 Å². The molecule has 1 N–H and O–H groups in total. The highest BCUT2D eigenvalue weighted by Gasteiger charge is 2.11. The van der Waals surface area contributed by atoms with E-state index in [1.807, 2.05) is 31.2 Å². The second-order valence-corrected chi connectivity index (χ2v) is 4.40. The molecular formula is C15H16N2O3. The molecule has 0 heterocycles. The predicted octanol–water partition coefficient (Wildman–Crippen LogP) is 3.52. The lowest BCUT2D eigenvalue weighted by Crippen LogP contribution is -2.02. The van der Waals surface area contributed by atoms with Crippen molar-refractivity contribution >= 4 is 11.4 Å². The van der Waals surface area contributed by atoms with Crippen LogP contribution in [0.4, 0.5) is 11.4 Å². The number of non-ortho nitro benzene ring substituents is 1. The number of nitro benzene ring substituents is 1. The number of anilines is 1. The van der Waals surface area contributed by atoms with Crippen LogP contribution in [-0.2, 0) is 6.61 Å². The van der Waals surface area contributed by atoms with E-state index < -0.39 is 4.92 Å². The van der Waals surface area contributed by atoms with Gasteiger partial charge in [0.1, 0.15) is 12.4 Å². The number of nitrogens with zero attached hydrogens (tertiary/aromatic N) is 1. The number of rotatable bonds is 5. The fourth-order valence-corrected chi connectivity index (χ4v) is 1.93. The van der Waals surface area contributed by atoms with Gasteiger partial charge in [0.15, 0.2) is 0 Å². The summed E-state index contributed by atoms with van der Waals surface area (Å²) >= 11 is 0. The fourth-order valence-electron chi connectivity index (χ4n) is 1.93. The van der Waals surface area contributed by atoms with Crippen molar-refractivity contribution in [2.24, 2.45) is 0 Å². The molecule has 5 nitrogen and oxygen atoms in total. The van der Waals surface area contributed by atoms with Crippen LogP contribution in [0.5, 0.6) is 5.75 Å². The first-order valence-electron chi connectivity index (χ1n) is 6.25. The van der Waals surface area contributed by atoms with E-state index >= 15 is 0 Å². The Morgan fingerprint density at radius 2 is 2.00 bits per heavy atom. The van der Waals surface area contributed by atoms with Gasteiger partial charge in [-0.2, -0.15) is 0 Å². The first-order valence-corrected chi connectivity index (χ1v) is 6.25. The molecule has 0 fully saturated rings. The van der Waals surface area contributed by atoms with Crippen molar-refractivity contribution < 1.29 is 9.66 Å². The van der Waals surface area contributed by atoms with Crippen molar-refractivity contribution in [1.29, 1.82) is 0 Å². The highest BCUT2D eigenvalue weighted by Crippen LogP contribution is 2.24. The van der Waals surface area contributed by atoms with Crippen molar-refractivity contribution in [3.05, 3.63) is 63.7 Å². The summed E-state index contributed by atoms with van der Waals surface area (Å²) in [6, 6.07) is 12.4. The maximum atomic E-state index is 10.8. The molecule has 5 heteroatoms. The second-order valence-electron chi connectivity index (χ2n) is 4.40. The van der Waals surface area contributed by atoms with Crippen LogP contribution < -0.4 is 10.1 Å². The quantitative estimate of drug-likeness (QED) is 0.668. The third-order valence-electron chi connectivity index (χ3n) is 3.05. The smallest absolute Gasteiger partial charge is 0.269 e. The van der Waals surface area contributed by atoms with Gasteiger partial charge in [0, 0.05) is 30.4 Å². The van der Waals surface area contributed by atoms with E-state index in [1.165, 1.54) is 12.1 Å². The first kappa shape index (κ1) is 13.9. The van der Waals surface area contributed by atoms with Crippen LogP contribution in [0.1, 0.15) is 11.1 Å². The minimum atomic E-state index is -0.406. The molecule has 0 unspecified atom stereocenters. The molecule has 0 atom stereocenters. The standard InChI is InChI=1S/C15H16N2O3/c1-11-5-3-4-6-15(11)20-10-12-9-13(17(18)19)7-8-14(12)16-2/h3-9,16H,10H2,1-2H3. The molecule has 0 amide bonds. The van der Waals surface area contributed by atoms with E-state index in [0.717, 1.165) is 22.6 Å². The van der Waals surface area contributed by atoms with Gasteiger partial charge in [-0.3, -0.25) is 10.1 Å². The van der Waals surface area contributed by atoms with E-state index in [4.69, 9.17) is 4.74 Å². The lowest BCUT2D eigenvalue weighted by atomic mass is 10.1. The van der Waals surface area contributed by atoms with Crippen molar-refractivity contribution in [1.82, 2.24) is 0 Å². The highest BCUT2D eigenvalue weighted by molar-refractivity contribution is 5.55. The lowest BCUT2D eigenvalue weighted by Gasteiger charge is -2.12. The van der Waals surface area contributed by atoms with Crippen LogP contribution in [0, 0.1) is 17.0 Å². The van der Waals surface area contributed by atoms with Gasteiger partial charge in [0.05, 0.1) is 4.92 Å². The lowest BCUT2D eigenvalue weighted by molar-refractivity contribution is -0.384. The van der Waals surface area contributed by atoms with Crippen LogP contribution in [0.2, 0.25) is 0 Å². The average molecular weight is 272 g/mol. The molecule has 104 valence electrons. The number of aryl methyl sites for hydroxylation is 1. The summed E-state index contributed by atoms with van der Waals surface area (Å²) < 4.78 is 5.74. The third kappa shape index (κ3) is 3.06. The summed E-state index contributed by atoms with van der Waals surface area (Å²) in [5.74, 6) is 0.779. The highest BCUT2D eigenvalue weighted by atomic mass is 16.6. The number of hydrogen-bond acceptors (Lipinski definition) is 4. The van der Waals surface area contributed by atoms with Gasteiger partial charge >= 0.3 is 0 Å². The summed E-state index contributed by atoms with van der Waals surface area (Å²) in [6.07, 6.45) is 0. The minimum absolute atomic E-state index is 0.0624. The van der Waals surface area contributed by atoms with Crippen molar-refractivity contribution in [3.63, 3.8) is 0 Å². The predicted molar refractivity (Wildman–Crippen MR) is 78.2 cm³/mol. The molecule has 0 aliphatic heterocycles. The molecule has 2 aromatic carbocycles. The van der Waals surface area contributed by atoms with E-state index in [2.05, 4.69) is 5.32 Å². The zero-order chi connectivity index (χ0) is 14.5. The normalized spacial score (nSPS) is 10.1. The van der Waals surface area contributed by atoms with Crippen LogP contribution in [0.15, 0.2) is 42.5 Å². The van der Waals surface area contributed by atoms with Crippen LogP contribution in [-0.4, -0.2) is 12.0 Å². The number of nitrogens with one attached hydrogen (secondary N) is 1. The van der Waals surface area contributed by atoms with Gasteiger partial charge in [-0.1, -0.05) is 18.2 Å². The largest absolute Gasteiger partial charge is 0.489 e. The molecule has 20 heavy (non-hydrogen) atoms. The van der Waals surface area contributed by atoms with E-state index in [1.54, 1.807) is 13.1 Å². The molecule has 0 aliphatic rings. The Morgan fingerprint density at radius 3 is 2.65 bits per heavy atom. The zero-order valence-corrected chi connectivity index (χ0v) is 11.4. The molecule has 0 aromatic heterocycles. The zero-order valence-electron chi connectivity index (χ0n) is 11.4. The van der Waals surface area contributed by atoms with Gasteiger partial charge in [-0.15, -0.1) is 0 Å². The molecule has 0 aliphatic carbocycles. The summed E-state index contributed by atoms with van der Waals surface area (Å²) in [5, 5.41) is 13.8. The third-order valence-corrected chi connectivity index (χ3v) is 3.05. The second kappa shape index (κ2) is 6.06.